The maximum Gasteiger partial charge on any atom is 0.433 e. The Bertz CT molecular complexity index is 2320. The first-order valence-corrected chi connectivity index (χ1v) is 21.0. The van der Waals surface area contributed by atoms with Gasteiger partial charge in [0.25, 0.3) is 0 Å². The number of nitrogens with one attached hydrogen (secondary N) is 1. The maximum atomic E-state index is 14.7. The largest absolute Gasteiger partial charge is 0.433 e. The van der Waals surface area contributed by atoms with Gasteiger partial charge in [0.15, 0.2) is 9.84 Å². The number of rotatable bonds is 9. The van der Waals surface area contributed by atoms with Gasteiger partial charge in [-0.05, 0) is 56.5 Å². The van der Waals surface area contributed by atoms with Crippen molar-refractivity contribution in [2.75, 3.05) is 72.1 Å². The summed E-state index contributed by atoms with van der Waals surface area (Å²) >= 11 is 0. The molecule has 4 saturated heterocycles. The lowest BCUT2D eigenvalue weighted by Gasteiger charge is -2.52. The molecule has 4 aromatic rings. The van der Waals surface area contributed by atoms with Crippen LogP contribution in [0.15, 0.2) is 61.7 Å². The molecule has 0 radical (unpaired) electrons. The van der Waals surface area contributed by atoms with Crippen LogP contribution in [0.1, 0.15) is 43.6 Å². The third-order valence-electron chi connectivity index (χ3n) is 12.0. The van der Waals surface area contributed by atoms with Crippen LogP contribution in [0.25, 0.3) is 10.8 Å². The first kappa shape index (κ1) is 39.6. The van der Waals surface area contributed by atoms with Crippen molar-refractivity contribution in [1.29, 1.82) is 0 Å². The lowest BCUT2D eigenvalue weighted by molar-refractivity contribution is -0.141. The maximum absolute atomic E-state index is 14.7. The molecule has 6 atom stereocenters. The molecular weight excluding hydrogens is 781 g/mol. The molecule has 0 aromatic carbocycles. The monoisotopic (exact) mass is 824 g/mol. The van der Waals surface area contributed by atoms with Crippen LogP contribution in [0, 0.1) is 5.92 Å². The molecule has 1 N–H and O–H groups in total. The van der Waals surface area contributed by atoms with Gasteiger partial charge in [0, 0.05) is 86.8 Å². The molecule has 308 valence electrons. The minimum absolute atomic E-state index is 0.0560. The normalized spacial score (nSPS) is 26.1. The number of likely N-dealkylation sites (tertiary alicyclic amines) is 1. The van der Waals surface area contributed by atoms with Crippen molar-refractivity contribution in [2.45, 2.75) is 62.0 Å². The van der Waals surface area contributed by atoms with Crippen LogP contribution in [-0.2, 0) is 25.5 Å². The molecule has 4 aliphatic heterocycles. The van der Waals surface area contributed by atoms with Crippen LogP contribution in [0.4, 0.5) is 46.5 Å². The molecule has 14 nitrogen and oxygen atoms in total. The minimum atomic E-state index is -4.63. The Morgan fingerprint density at radius 2 is 1.78 bits per heavy atom. The lowest BCUT2D eigenvalue weighted by atomic mass is 9.85. The van der Waals surface area contributed by atoms with Crippen molar-refractivity contribution in [1.82, 2.24) is 29.8 Å². The van der Waals surface area contributed by atoms with E-state index < -0.39 is 39.2 Å². The molecule has 19 heteroatoms. The number of alkyl halides is 4. The number of ether oxygens (including phenoxy) is 1. The minimum Gasteiger partial charge on any atom is -0.378 e. The topological polar surface area (TPSA) is 150 Å². The van der Waals surface area contributed by atoms with E-state index in [-0.39, 0.29) is 55.0 Å². The van der Waals surface area contributed by atoms with E-state index in [0.29, 0.717) is 55.8 Å². The average molecular weight is 825 g/mol. The third kappa shape index (κ3) is 7.49. The second-order valence-corrected chi connectivity index (χ2v) is 17.6. The number of carbonyl (C=O) groups excluding carboxylic acids is 1. The quantitative estimate of drug-likeness (QED) is 0.176. The number of hydrogen-bond donors (Lipinski definition) is 1. The van der Waals surface area contributed by atoms with E-state index in [4.69, 9.17) is 14.7 Å². The number of methoxy groups -OCH3 is 1. The summed E-state index contributed by atoms with van der Waals surface area (Å²) < 4.78 is 87.4. The van der Waals surface area contributed by atoms with Gasteiger partial charge in [-0.2, -0.15) is 18.2 Å². The van der Waals surface area contributed by atoms with Gasteiger partial charge >= 0.3 is 6.18 Å². The van der Waals surface area contributed by atoms with Crippen molar-refractivity contribution < 1.29 is 35.5 Å². The molecule has 4 aliphatic rings. The van der Waals surface area contributed by atoms with Crippen LogP contribution in [-0.4, -0.2) is 120 Å². The smallest absolute Gasteiger partial charge is 0.378 e. The van der Waals surface area contributed by atoms with E-state index in [1.165, 1.54) is 19.3 Å². The highest BCUT2D eigenvalue weighted by molar-refractivity contribution is 7.92. The number of piperidine rings is 1. The van der Waals surface area contributed by atoms with E-state index in [2.05, 4.69) is 31.7 Å². The fourth-order valence-corrected chi connectivity index (χ4v) is 10.8. The zero-order valence-corrected chi connectivity index (χ0v) is 32.8. The summed E-state index contributed by atoms with van der Waals surface area (Å²) in [5.74, 6) is 0.576. The number of carbonyl (C=O) groups is 1. The third-order valence-corrected chi connectivity index (χ3v) is 14.2. The predicted octanol–water partition coefficient (Wildman–Crippen LogP) is 5.12. The highest BCUT2D eigenvalue weighted by atomic mass is 32.2. The van der Waals surface area contributed by atoms with Crippen LogP contribution in [0.5, 0.6) is 0 Å². The molecule has 8 rings (SSSR count). The van der Waals surface area contributed by atoms with Gasteiger partial charge in [-0.3, -0.25) is 14.8 Å². The van der Waals surface area contributed by atoms with Crippen molar-refractivity contribution in [3.05, 3.63) is 73.1 Å². The van der Waals surface area contributed by atoms with E-state index >= 15 is 0 Å². The molecule has 0 spiro atoms. The number of amides is 1. The fraction of sp³-hybridized carbons (Fsp3) is 0.487. The summed E-state index contributed by atoms with van der Waals surface area (Å²) in [6.07, 6.45) is 3.14. The molecule has 0 bridgehead atoms. The lowest BCUT2D eigenvalue weighted by Crippen LogP contribution is -2.64. The zero-order chi connectivity index (χ0) is 40.9. The van der Waals surface area contributed by atoms with Crippen molar-refractivity contribution >= 4 is 55.5 Å². The number of sulfone groups is 1. The average Bonchev–Trinajstić information content (AvgIpc) is 3.70. The number of pyridine rings is 3. The number of halogens is 4. The Labute approximate surface area is 333 Å². The highest BCUT2D eigenvalue weighted by Gasteiger charge is 2.49. The van der Waals surface area contributed by atoms with Gasteiger partial charge in [0.2, 0.25) is 11.9 Å². The van der Waals surface area contributed by atoms with Crippen molar-refractivity contribution in [3.8, 4) is 0 Å². The van der Waals surface area contributed by atoms with Crippen LogP contribution in [0.2, 0.25) is 0 Å². The predicted molar refractivity (Wildman–Crippen MR) is 211 cm³/mol. The molecule has 0 saturated carbocycles. The fourth-order valence-electron chi connectivity index (χ4n) is 8.77. The number of hydrogen-bond acceptors (Lipinski definition) is 13. The SMILES string of the molecule is C=CC(=O)N1CCCC1c1ncc(N2CC(C3CN(c4ccnc(C(F)(F)F)c4)CCS3(=O)=O)C2C)c2cnc(Nc3ccnc(N4CC[C@@H](OC)[C@@H](F)C4)n3)cc12. The van der Waals surface area contributed by atoms with Gasteiger partial charge in [-0.25, -0.2) is 22.8 Å². The van der Waals surface area contributed by atoms with Crippen LogP contribution in [0.3, 0.4) is 0 Å². The van der Waals surface area contributed by atoms with Gasteiger partial charge in [-0.15, -0.1) is 0 Å². The summed E-state index contributed by atoms with van der Waals surface area (Å²) in [4.78, 5) is 42.4. The van der Waals surface area contributed by atoms with Crippen LogP contribution >= 0.6 is 0 Å². The first-order chi connectivity index (χ1) is 27.7. The summed E-state index contributed by atoms with van der Waals surface area (Å²) in [7, 11) is -2.05. The second kappa shape index (κ2) is 15.5. The Morgan fingerprint density at radius 3 is 2.52 bits per heavy atom. The second-order valence-electron chi connectivity index (χ2n) is 15.2. The number of aromatic nitrogens is 5. The summed E-state index contributed by atoms with van der Waals surface area (Å²) in [6.45, 7) is 7.32. The van der Waals surface area contributed by atoms with Gasteiger partial charge in [0.05, 0.1) is 47.3 Å². The number of fused-ring (bicyclic) bond motifs is 1. The molecule has 1 amide bonds. The van der Waals surface area contributed by atoms with Gasteiger partial charge in [0.1, 0.15) is 23.5 Å². The first-order valence-electron chi connectivity index (χ1n) is 19.3. The Balaban J connectivity index is 1.08. The van der Waals surface area contributed by atoms with E-state index in [1.807, 2.05) is 13.0 Å². The van der Waals surface area contributed by atoms with Crippen molar-refractivity contribution in [3.63, 3.8) is 0 Å². The summed E-state index contributed by atoms with van der Waals surface area (Å²) in [5.41, 5.74) is 0.668. The van der Waals surface area contributed by atoms with Gasteiger partial charge < -0.3 is 29.7 Å². The van der Waals surface area contributed by atoms with E-state index in [9.17, 15) is 30.8 Å². The molecule has 4 unspecified atom stereocenters. The van der Waals surface area contributed by atoms with Crippen LogP contribution < -0.4 is 20.0 Å². The summed E-state index contributed by atoms with van der Waals surface area (Å²) in [5, 5.41) is 3.95. The Hall–Kier alpha value is -5.17. The molecular formula is C39H44F4N10O4S. The standard InChI is InChI=1S/C39H44F4N10O4S/c1-4-36(54)52-12-5-6-29(52)37-25-17-35(48-34-8-11-45-38(49-34)51-13-9-31(57-3)28(40)21-51)46-18-26(25)30(19-47-37)53-20-27(23(53)2)32-22-50(14-15-58(32,55)56)24-7-10-44-33(16-24)39(41,42)43/h4,7-8,10-11,16-19,23,27-29,31-32H,1,5-6,9,12-15,20-22H2,2-3H3,(H,45,46,48,49)/t23?,27?,28-,29?,31+,32?/m0/s1. The molecule has 4 fully saturated rings. The molecule has 0 aliphatic carbocycles. The van der Waals surface area contributed by atoms with Gasteiger partial charge in [-0.1, -0.05) is 6.58 Å². The Morgan fingerprint density at radius 1 is 0.966 bits per heavy atom. The van der Waals surface area contributed by atoms with Crippen molar-refractivity contribution in [2.24, 2.45) is 5.92 Å². The number of anilines is 5. The molecule has 8 heterocycles. The van der Waals surface area contributed by atoms with E-state index in [0.717, 1.165) is 35.1 Å². The molecule has 58 heavy (non-hydrogen) atoms. The zero-order valence-electron chi connectivity index (χ0n) is 32.0. The number of nitrogens with zero attached hydrogens (tertiary/aromatic N) is 9. The van der Waals surface area contributed by atoms with E-state index in [1.54, 1.807) is 39.4 Å². The highest BCUT2D eigenvalue weighted by Crippen LogP contribution is 2.43. The summed E-state index contributed by atoms with van der Waals surface area (Å²) in [6, 6.07) is 5.39. The molecule has 4 aromatic heterocycles. The Kier molecular flexibility index (Phi) is 10.6.